The van der Waals surface area contributed by atoms with Gasteiger partial charge in [-0.2, -0.15) is 0 Å². The number of benzene rings is 2. The van der Waals surface area contributed by atoms with Gasteiger partial charge in [0.25, 0.3) is 0 Å². The van der Waals surface area contributed by atoms with Gasteiger partial charge in [-0.1, -0.05) is 30.3 Å². The second kappa shape index (κ2) is 7.27. The first-order valence-corrected chi connectivity index (χ1v) is 9.49. The Morgan fingerprint density at radius 3 is 2.78 bits per heavy atom. The van der Waals surface area contributed by atoms with Gasteiger partial charge in [0.15, 0.2) is 11.6 Å². The fourth-order valence-electron chi connectivity index (χ4n) is 3.81. The third-order valence-electron chi connectivity index (χ3n) is 5.09. The largest absolute Gasteiger partial charge is 0.393 e. The van der Waals surface area contributed by atoms with Gasteiger partial charge in [-0.05, 0) is 56.0 Å². The standard InChI is InChI=1S/C22H25N5/c1-3-26(18-11-6-8-16(2)14-18)21-20(23)22(25-15-24-21)27-13-7-10-17-9-4-5-12-19(17)27/h4-6,8-9,11-12,14-15H,3,7,10,13,23H2,1-2H3. The van der Waals surface area contributed by atoms with Crippen molar-refractivity contribution in [1.29, 1.82) is 0 Å². The molecule has 2 aromatic carbocycles. The molecule has 1 aliphatic heterocycles. The van der Waals surface area contributed by atoms with Crippen LogP contribution in [-0.4, -0.2) is 23.1 Å². The lowest BCUT2D eigenvalue weighted by molar-refractivity contribution is 0.759. The average molecular weight is 359 g/mol. The molecule has 0 bridgehead atoms. The lowest BCUT2D eigenvalue weighted by Crippen LogP contribution is -2.27. The molecule has 5 nitrogen and oxygen atoms in total. The minimum absolute atomic E-state index is 0.623. The van der Waals surface area contributed by atoms with Crippen molar-refractivity contribution < 1.29 is 0 Å². The molecule has 138 valence electrons. The normalized spacial score (nSPS) is 13.3. The molecule has 5 heteroatoms. The van der Waals surface area contributed by atoms with Crippen molar-refractivity contribution in [3.05, 3.63) is 66.0 Å². The van der Waals surface area contributed by atoms with Crippen LogP contribution in [0.25, 0.3) is 0 Å². The summed E-state index contributed by atoms with van der Waals surface area (Å²) in [4.78, 5) is 13.5. The summed E-state index contributed by atoms with van der Waals surface area (Å²) in [5.74, 6) is 1.55. The first-order valence-electron chi connectivity index (χ1n) is 9.49. The van der Waals surface area contributed by atoms with Gasteiger partial charge in [-0.3, -0.25) is 0 Å². The van der Waals surface area contributed by atoms with Gasteiger partial charge < -0.3 is 15.5 Å². The molecule has 1 aromatic heterocycles. The molecule has 2 heterocycles. The lowest BCUT2D eigenvalue weighted by atomic mass is 10.0. The van der Waals surface area contributed by atoms with Crippen LogP contribution in [0.5, 0.6) is 0 Å². The molecule has 2 N–H and O–H groups in total. The van der Waals surface area contributed by atoms with Crippen LogP contribution in [0.4, 0.5) is 28.7 Å². The van der Waals surface area contributed by atoms with E-state index in [1.807, 2.05) is 0 Å². The van der Waals surface area contributed by atoms with Gasteiger partial charge in [0.1, 0.15) is 12.0 Å². The number of para-hydroxylation sites is 1. The SMILES string of the molecule is CCN(c1cccc(C)c1)c1ncnc(N2CCCc3ccccc32)c1N. The van der Waals surface area contributed by atoms with Crippen LogP contribution in [0.15, 0.2) is 54.9 Å². The zero-order valence-electron chi connectivity index (χ0n) is 15.9. The number of hydrogen-bond acceptors (Lipinski definition) is 5. The number of nitrogen functional groups attached to an aromatic ring is 1. The van der Waals surface area contributed by atoms with Gasteiger partial charge in [0.05, 0.1) is 0 Å². The van der Waals surface area contributed by atoms with Crippen molar-refractivity contribution in [3.8, 4) is 0 Å². The summed E-state index contributed by atoms with van der Waals surface area (Å²) in [5, 5.41) is 0. The van der Waals surface area contributed by atoms with Crippen LogP contribution in [0.1, 0.15) is 24.5 Å². The molecule has 0 amide bonds. The molecule has 3 aromatic rings. The van der Waals surface area contributed by atoms with E-state index in [2.05, 4.69) is 82.1 Å². The van der Waals surface area contributed by atoms with Crippen molar-refractivity contribution in [2.75, 3.05) is 28.6 Å². The summed E-state index contributed by atoms with van der Waals surface area (Å²) in [7, 11) is 0. The fraction of sp³-hybridized carbons (Fsp3) is 0.273. The van der Waals surface area contributed by atoms with E-state index in [0.717, 1.165) is 43.3 Å². The molecule has 1 aliphatic rings. The fourth-order valence-corrected chi connectivity index (χ4v) is 3.81. The number of anilines is 5. The van der Waals surface area contributed by atoms with Crippen LogP contribution in [-0.2, 0) is 6.42 Å². The zero-order valence-corrected chi connectivity index (χ0v) is 15.9. The minimum atomic E-state index is 0.623. The van der Waals surface area contributed by atoms with Crippen LogP contribution < -0.4 is 15.5 Å². The number of fused-ring (bicyclic) bond motifs is 1. The number of rotatable bonds is 4. The quantitative estimate of drug-likeness (QED) is 0.737. The third-order valence-corrected chi connectivity index (χ3v) is 5.09. The van der Waals surface area contributed by atoms with Crippen molar-refractivity contribution in [3.63, 3.8) is 0 Å². The Labute approximate surface area is 160 Å². The highest BCUT2D eigenvalue weighted by Crippen LogP contribution is 2.39. The Morgan fingerprint density at radius 1 is 1.11 bits per heavy atom. The number of nitrogens with zero attached hydrogens (tertiary/aromatic N) is 4. The number of aryl methyl sites for hydroxylation is 2. The number of hydrogen-bond donors (Lipinski definition) is 1. The summed E-state index contributed by atoms with van der Waals surface area (Å²) in [5.41, 5.74) is 12.1. The summed E-state index contributed by atoms with van der Waals surface area (Å²) >= 11 is 0. The monoisotopic (exact) mass is 359 g/mol. The molecule has 0 atom stereocenters. The molecule has 0 radical (unpaired) electrons. The Balaban J connectivity index is 1.78. The third kappa shape index (κ3) is 3.21. The maximum absolute atomic E-state index is 6.61. The molecule has 0 saturated heterocycles. The van der Waals surface area contributed by atoms with Crippen LogP contribution >= 0.6 is 0 Å². The molecular weight excluding hydrogens is 334 g/mol. The molecule has 0 spiro atoms. The second-order valence-electron chi connectivity index (χ2n) is 6.90. The van der Waals surface area contributed by atoms with Crippen molar-refractivity contribution in [2.24, 2.45) is 0 Å². The van der Waals surface area contributed by atoms with E-state index in [0.29, 0.717) is 5.69 Å². The molecule has 4 rings (SSSR count). The van der Waals surface area contributed by atoms with E-state index < -0.39 is 0 Å². The van der Waals surface area contributed by atoms with Gasteiger partial charge in [-0.25, -0.2) is 9.97 Å². The first-order chi connectivity index (χ1) is 13.2. The van der Waals surface area contributed by atoms with E-state index in [4.69, 9.17) is 5.73 Å². The molecule has 0 unspecified atom stereocenters. The maximum atomic E-state index is 6.61. The molecule has 0 saturated carbocycles. The smallest absolute Gasteiger partial charge is 0.161 e. The lowest BCUT2D eigenvalue weighted by Gasteiger charge is -2.32. The number of aromatic nitrogens is 2. The van der Waals surface area contributed by atoms with Crippen LogP contribution in [0.2, 0.25) is 0 Å². The zero-order chi connectivity index (χ0) is 18.8. The predicted molar refractivity (Wildman–Crippen MR) is 112 cm³/mol. The molecular formula is C22H25N5. The van der Waals surface area contributed by atoms with Crippen molar-refractivity contribution in [1.82, 2.24) is 9.97 Å². The average Bonchev–Trinajstić information content (AvgIpc) is 2.70. The highest BCUT2D eigenvalue weighted by Gasteiger charge is 2.24. The second-order valence-corrected chi connectivity index (χ2v) is 6.90. The minimum Gasteiger partial charge on any atom is -0.393 e. The Kier molecular flexibility index (Phi) is 4.67. The highest BCUT2D eigenvalue weighted by atomic mass is 15.3. The highest BCUT2D eigenvalue weighted by molar-refractivity contribution is 5.83. The predicted octanol–water partition coefficient (Wildman–Crippen LogP) is 4.61. The van der Waals surface area contributed by atoms with E-state index in [1.54, 1.807) is 6.33 Å². The molecule has 27 heavy (non-hydrogen) atoms. The van der Waals surface area contributed by atoms with Crippen molar-refractivity contribution >= 4 is 28.7 Å². The van der Waals surface area contributed by atoms with E-state index in [1.165, 1.54) is 16.8 Å². The summed E-state index contributed by atoms with van der Waals surface area (Å²) in [6, 6.07) is 16.9. The maximum Gasteiger partial charge on any atom is 0.161 e. The van der Waals surface area contributed by atoms with Crippen LogP contribution in [0, 0.1) is 6.92 Å². The van der Waals surface area contributed by atoms with Gasteiger partial charge in [-0.15, -0.1) is 0 Å². The summed E-state index contributed by atoms with van der Waals surface area (Å²) in [6.07, 6.45) is 3.80. The van der Waals surface area contributed by atoms with Crippen molar-refractivity contribution in [2.45, 2.75) is 26.7 Å². The Bertz CT molecular complexity index is 953. The molecule has 0 fully saturated rings. The summed E-state index contributed by atoms with van der Waals surface area (Å²) in [6.45, 7) is 5.89. The Morgan fingerprint density at radius 2 is 1.96 bits per heavy atom. The first kappa shape index (κ1) is 17.3. The van der Waals surface area contributed by atoms with E-state index >= 15 is 0 Å². The van der Waals surface area contributed by atoms with Gasteiger partial charge >= 0.3 is 0 Å². The van der Waals surface area contributed by atoms with Gasteiger partial charge in [0.2, 0.25) is 0 Å². The van der Waals surface area contributed by atoms with E-state index in [9.17, 15) is 0 Å². The number of nitrogens with two attached hydrogens (primary N) is 1. The van der Waals surface area contributed by atoms with Gasteiger partial charge in [0, 0.05) is 24.5 Å². The molecule has 0 aliphatic carbocycles. The Hall–Kier alpha value is -3.08. The van der Waals surface area contributed by atoms with Crippen LogP contribution in [0.3, 0.4) is 0 Å². The summed E-state index contributed by atoms with van der Waals surface area (Å²) < 4.78 is 0. The topological polar surface area (TPSA) is 58.3 Å². The van der Waals surface area contributed by atoms with E-state index in [-0.39, 0.29) is 0 Å².